The van der Waals surface area contributed by atoms with E-state index in [0.29, 0.717) is 0 Å². The van der Waals surface area contributed by atoms with E-state index in [4.69, 9.17) is 0 Å². The third-order valence-corrected chi connectivity index (χ3v) is 3.31. The van der Waals surface area contributed by atoms with Crippen molar-refractivity contribution in [3.63, 3.8) is 0 Å². The van der Waals surface area contributed by atoms with Crippen LogP contribution in [0.3, 0.4) is 0 Å². The van der Waals surface area contributed by atoms with Crippen molar-refractivity contribution in [3.8, 4) is 0 Å². The van der Waals surface area contributed by atoms with Crippen molar-refractivity contribution in [3.05, 3.63) is 73.7 Å². The molecule has 0 fully saturated rings. The molecule has 0 unspecified atom stereocenters. The zero-order valence-corrected chi connectivity index (χ0v) is 21.6. The molecule has 0 saturated heterocycles. The van der Waals surface area contributed by atoms with E-state index in [2.05, 4.69) is 69.3 Å². The molecule has 143 valence electrons. The van der Waals surface area contributed by atoms with Crippen LogP contribution in [0.4, 0.5) is 0 Å². The first-order chi connectivity index (χ1) is 10.3. The average Bonchev–Trinajstić information content (AvgIpc) is 3.17. The molecule has 0 saturated carbocycles. The number of hydrogen-bond acceptors (Lipinski definition) is 0. The van der Waals surface area contributed by atoms with Gasteiger partial charge < -0.3 is 7.43 Å². The van der Waals surface area contributed by atoms with Gasteiger partial charge in [-0.1, -0.05) is 52.5 Å². The van der Waals surface area contributed by atoms with Crippen LogP contribution in [0, 0.1) is 20.4 Å². The molecule has 0 aromatic heterocycles. The predicted molar refractivity (Wildman–Crippen MR) is 122 cm³/mol. The quantitative estimate of drug-likeness (QED) is 0.237. The van der Waals surface area contributed by atoms with Crippen LogP contribution < -0.4 is 0 Å². The number of halogens is 2. The first kappa shape index (κ1) is 36.8. The molecule has 0 bridgehead atoms. The summed E-state index contributed by atoms with van der Waals surface area (Å²) in [5.74, 6) is 0. The van der Waals surface area contributed by atoms with E-state index in [1.54, 1.807) is 0 Å². The molecule has 5 radical (unpaired) electrons. The molecule has 0 atom stereocenters. The molecular formula is C22H33Cl2SiZr. The second kappa shape index (κ2) is 25.0. The van der Waals surface area contributed by atoms with Crippen molar-refractivity contribution in [2.75, 3.05) is 0 Å². The van der Waals surface area contributed by atoms with Crippen molar-refractivity contribution in [2.24, 2.45) is 0 Å². The predicted octanol–water partition coefficient (Wildman–Crippen LogP) is 7.67. The molecule has 0 heterocycles. The summed E-state index contributed by atoms with van der Waals surface area (Å²) < 4.78 is 0. The Hall–Kier alpha value is -0.0100. The van der Waals surface area contributed by atoms with Gasteiger partial charge >= 0.3 is 26.2 Å². The fourth-order valence-electron chi connectivity index (χ4n) is 2.15. The van der Waals surface area contributed by atoms with E-state index in [9.17, 15) is 0 Å². The molecule has 0 aliphatic heterocycles. The Morgan fingerprint density at radius 3 is 2.00 bits per heavy atom. The SMILES string of the molecule is CCCCCC.Cc1cc2ccccc2[cH-]1.Cl.Cl.[C-]1=CC=CC1.[CH3-].[Si].[Zr+3]. The topological polar surface area (TPSA) is 0 Å². The maximum atomic E-state index is 2.99. The Balaban J connectivity index is -0.0000000823. The van der Waals surface area contributed by atoms with Crippen LogP contribution in [-0.4, -0.2) is 11.0 Å². The third kappa shape index (κ3) is 17.4. The van der Waals surface area contributed by atoms with Crippen LogP contribution in [-0.2, 0) is 26.2 Å². The third-order valence-electron chi connectivity index (χ3n) is 3.31. The summed E-state index contributed by atoms with van der Waals surface area (Å²) in [6.07, 6.45) is 15.5. The van der Waals surface area contributed by atoms with Crippen molar-refractivity contribution >= 4 is 46.6 Å². The van der Waals surface area contributed by atoms with Gasteiger partial charge in [-0.15, -0.1) is 71.8 Å². The van der Waals surface area contributed by atoms with Crippen LogP contribution in [0.1, 0.15) is 51.5 Å². The van der Waals surface area contributed by atoms with Gasteiger partial charge in [0.05, 0.1) is 0 Å². The fourth-order valence-corrected chi connectivity index (χ4v) is 2.15. The first-order valence-electron chi connectivity index (χ1n) is 8.11. The zero-order chi connectivity index (χ0) is 15.3. The number of aryl methyl sites for hydroxylation is 1. The Bertz CT molecular complexity index is 515. The van der Waals surface area contributed by atoms with Crippen LogP contribution in [0.25, 0.3) is 10.8 Å². The van der Waals surface area contributed by atoms with Gasteiger partial charge in [-0.05, 0) is 0 Å². The van der Waals surface area contributed by atoms with Crippen LogP contribution in [0.5, 0.6) is 0 Å². The number of fused-ring (bicyclic) bond motifs is 1. The molecule has 1 aliphatic rings. The normalized spacial score (nSPS) is 9.50. The Labute approximate surface area is 198 Å². The molecule has 4 heteroatoms. The molecule has 0 nitrogen and oxygen atoms in total. The van der Waals surface area contributed by atoms with Gasteiger partial charge in [-0.3, -0.25) is 6.08 Å². The Kier molecular flexibility index (Phi) is 35.4. The van der Waals surface area contributed by atoms with Crippen LogP contribution in [0.2, 0.25) is 0 Å². The standard InChI is InChI=1S/C10H9.C6H14.C5H5.CH3.2ClH.Si.Zr/c1-8-6-9-4-2-3-5-10(9)7-8;1-3-5-6-4-2;1-2-4-5-3-1;;;;;/h2-7H,1H3;3-6H2,1-2H3;1-3H,4H2;1H3;2*1H;;/q-1;;2*-1;;;;+3. The van der Waals surface area contributed by atoms with Crippen molar-refractivity contribution in [2.45, 2.75) is 52.9 Å². The number of allylic oxidation sites excluding steroid dienone is 4. The van der Waals surface area contributed by atoms with Crippen molar-refractivity contribution < 1.29 is 26.2 Å². The minimum Gasteiger partial charge on any atom is -0.358 e. The summed E-state index contributed by atoms with van der Waals surface area (Å²) >= 11 is 0. The van der Waals surface area contributed by atoms with Gasteiger partial charge in [0.25, 0.3) is 0 Å². The molecule has 0 spiro atoms. The summed E-state index contributed by atoms with van der Waals surface area (Å²) in [6.45, 7) is 6.59. The summed E-state index contributed by atoms with van der Waals surface area (Å²) in [5.41, 5.74) is 1.35. The Morgan fingerprint density at radius 2 is 1.62 bits per heavy atom. The largest absolute Gasteiger partial charge is 3.00 e. The van der Waals surface area contributed by atoms with Gasteiger partial charge in [0.2, 0.25) is 0 Å². The Morgan fingerprint density at radius 1 is 1.04 bits per heavy atom. The molecule has 1 aliphatic carbocycles. The number of benzene rings is 1. The van der Waals surface area contributed by atoms with Gasteiger partial charge in [0.1, 0.15) is 0 Å². The second-order valence-corrected chi connectivity index (χ2v) is 5.37. The monoisotopic (exact) mass is 485 g/mol. The van der Waals surface area contributed by atoms with Crippen LogP contribution >= 0.6 is 24.8 Å². The molecule has 2 aromatic carbocycles. The summed E-state index contributed by atoms with van der Waals surface area (Å²) in [6, 6.07) is 12.8. The van der Waals surface area contributed by atoms with E-state index >= 15 is 0 Å². The second-order valence-electron chi connectivity index (χ2n) is 5.37. The van der Waals surface area contributed by atoms with Gasteiger partial charge in [0.15, 0.2) is 0 Å². The first-order valence-corrected chi connectivity index (χ1v) is 8.11. The van der Waals surface area contributed by atoms with Crippen molar-refractivity contribution in [1.29, 1.82) is 0 Å². The smallest absolute Gasteiger partial charge is 0.358 e. The van der Waals surface area contributed by atoms with E-state index in [0.717, 1.165) is 6.42 Å². The number of rotatable bonds is 3. The summed E-state index contributed by atoms with van der Waals surface area (Å²) in [4.78, 5) is 0. The minimum absolute atomic E-state index is 0. The molecular weight excluding hydrogens is 454 g/mol. The molecule has 2 aromatic rings. The molecule has 0 N–H and O–H groups in total. The van der Waals surface area contributed by atoms with E-state index < -0.39 is 0 Å². The van der Waals surface area contributed by atoms with Gasteiger partial charge in [-0.25, -0.2) is 12.2 Å². The maximum absolute atomic E-state index is 2.99. The molecule has 0 amide bonds. The average molecular weight is 488 g/mol. The van der Waals surface area contributed by atoms with Gasteiger partial charge in [0, 0.05) is 11.0 Å². The van der Waals surface area contributed by atoms with E-state index in [1.165, 1.54) is 42.0 Å². The zero-order valence-electron chi connectivity index (χ0n) is 16.5. The van der Waals surface area contributed by atoms with Gasteiger partial charge in [-0.2, -0.15) is 12.1 Å². The summed E-state index contributed by atoms with van der Waals surface area (Å²) in [5, 5.41) is 2.69. The fraction of sp³-hybridized carbons (Fsp3) is 0.364. The van der Waals surface area contributed by atoms with Crippen LogP contribution in [0.15, 0.2) is 54.6 Å². The molecule has 3 rings (SSSR count). The maximum Gasteiger partial charge on any atom is 3.00 e. The number of unbranched alkanes of at least 4 members (excludes halogenated alkanes) is 3. The van der Waals surface area contributed by atoms with E-state index in [-0.39, 0.29) is 69.4 Å². The summed E-state index contributed by atoms with van der Waals surface area (Å²) in [7, 11) is 0. The minimum atomic E-state index is 0. The molecule has 26 heavy (non-hydrogen) atoms. The van der Waals surface area contributed by atoms with Crippen molar-refractivity contribution in [1.82, 2.24) is 0 Å². The number of hydrogen-bond donors (Lipinski definition) is 0. The van der Waals surface area contributed by atoms with E-state index in [1.807, 2.05) is 12.2 Å².